The molecule has 0 amide bonds. The summed E-state index contributed by atoms with van der Waals surface area (Å²) in [6.45, 7) is 7.00. The summed E-state index contributed by atoms with van der Waals surface area (Å²) in [5.41, 5.74) is 3.01. The Kier molecular flexibility index (Phi) is 11.7. The fourth-order valence-corrected chi connectivity index (χ4v) is 2.10. The first-order valence-electron chi connectivity index (χ1n) is 9.56. The molecule has 30 heavy (non-hydrogen) atoms. The number of carbonyl (C=O) groups excluding carboxylic acids is 1. The van der Waals surface area contributed by atoms with Crippen molar-refractivity contribution in [3.63, 3.8) is 0 Å². The van der Waals surface area contributed by atoms with Crippen LogP contribution in [0.4, 0.5) is 0 Å². The lowest BCUT2D eigenvalue weighted by Gasteiger charge is -1.99. The molecule has 0 saturated heterocycles. The van der Waals surface area contributed by atoms with E-state index in [0.29, 0.717) is 17.6 Å². The minimum Gasteiger partial charge on any atom is -0.478 e. The second-order valence-corrected chi connectivity index (χ2v) is 6.43. The molecule has 2 aromatic rings. The summed E-state index contributed by atoms with van der Waals surface area (Å²) in [4.78, 5) is 21.5. The lowest BCUT2D eigenvalue weighted by Crippen LogP contribution is -2.04. The van der Waals surface area contributed by atoms with Crippen molar-refractivity contribution in [1.29, 1.82) is 0 Å². The molecule has 0 aliphatic heterocycles. The Morgan fingerprint density at radius 2 is 1.40 bits per heavy atom. The van der Waals surface area contributed by atoms with Gasteiger partial charge in [0.2, 0.25) is 0 Å². The van der Waals surface area contributed by atoms with E-state index in [1.807, 2.05) is 78.9 Å². The Balaban J connectivity index is 0.000000300. The molecule has 0 unspecified atom stereocenters. The number of benzene rings is 2. The Morgan fingerprint density at radius 3 is 1.87 bits per heavy atom. The number of carbonyl (C=O) groups is 2. The number of allylic oxidation sites excluding steroid dienone is 2. The number of ether oxygens (including phenoxy) is 1. The number of carboxylic acid groups (broad SMARTS) is 1. The van der Waals surface area contributed by atoms with Crippen LogP contribution in [0.1, 0.15) is 31.4 Å². The Bertz CT molecular complexity index is 891. The van der Waals surface area contributed by atoms with Gasteiger partial charge in [-0.05, 0) is 37.5 Å². The van der Waals surface area contributed by atoms with Crippen molar-refractivity contribution in [2.75, 3.05) is 6.61 Å². The summed E-state index contributed by atoms with van der Waals surface area (Å²) in [5.74, 6) is -1.21. The molecular weight excluding hydrogens is 376 g/mol. The van der Waals surface area contributed by atoms with Crippen LogP contribution in [0.2, 0.25) is 0 Å². The van der Waals surface area contributed by atoms with E-state index in [0.717, 1.165) is 11.1 Å². The molecule has 4 heteroatoms. The van der Waals surface area contributed by atoms with Crippen molar-refractivity contribution in [3.8, 4) is 0 Å². The second-order valence-electron chi connectivity index (χ2n) is 6.43. The third-order valence-electron chi connectivity index (χ3n) is 3.78. The third kappa shape index (κ3) is 11.2. The fourth-order valence-electron chi connectivity index (χ4n) is 2.10. The first-order chi connectivity index (χ1) is 14.4. The Labute approximate surface area is 178 Å². The highest BCUT2D eigenvalue weighted by Gasteiger charge is 1.99. The van der Waals surface area contributed by atoms with Gasteiger partial charge in [0.1, 0.15) is 6.61 Å². The van der Waals surface area contributed by atoms with Gasteiger partial charge in [0, 0.05) is 11.1 Å². The predicted octanol–water partition coefficient (Wildman–Crippen LogP) is 5.94. The molecule has 0 atom stereocenters. The number of carboxylic acids is 1. The van der Waals surface area contributed by atoms with Crippen LogP contribution in [-0.2, 0) is 14.3 Å². The van der Waals surface area contributed by atoms with Crippen LogP contribution in [-0.4, -0.2) is 23.7 Å². The normalized spacial score (nSPS) is 11.1. The maximum Gasteiger partial charge on any atom is 0.333 e. The molecule has 4 nitrogen and oxygen atoms in total. The van der Waals surface area contributed by atoms with Gasteiger partial charge >= 0.3 is 11.9 Å². The van der Waals surface area contributed by atoms with Gasteiger partial charge in [-0.3, -0.25) is 0 Å². The molecule has 0 aromatic heterocycles. The van der Waals surface area contributed by atoms with Gasteiger partial charge in [0.25, 0.3) is 0 Å². The largest absolute Gasteiger partial charge is 0.478 e. The van der Waals surface area contributed by atoms with Crippen LogP contribution in [0.5, 0.6) is 0 Å². The molecule has 0 heterocycles. The molecule has 0 aliphatic rings. The van der Waals surface area contributed by atoms with Crippen LogP contribution in [0.15, 0.2) is 96.6 Å². The summed E-state index contributed by atoms with van der Waals surface area (Å²) < 4.78 is 4.90. The van der Waals surface area contributed by atoms with Crippen LogP contribution >= 0.6 is 0 Å². The summed E-state index contributed by atoms with van der Waals surface area (Å²) in [6, 6.07) is 19.8. The Morgan fingerprint density at radius 1 is 0.900 bits per heavy atom. The maximum absolute atomic E-state index is 11.0. The van der Waals surface area contributed by atoms with Gasteiger partial charge in [-0.25, -0.2) is 9.59 Å². The SMILES string of the molecule is C=C(C)C(=O)OCC=Cc1ccccc1.CC(=CCC=Cc1ccccc1)C(=O)O. The zero-order valence-corrected chi connectivity index (χ0v) is 17.5. The summed E-state index contributed by atoms with van der Waals surface area (Å²) in [6.07, 6.45) is 9.98. The quantitative estimate of drug-likeness (QED) is 0.437. The van der Waals surface area contributed by atoms with E-state index in [2.05, 4.69) is 6.58 Å². The average Bonchev–Trinajstić information content (AvgIpc) is 2.75. The monoisotopic (exact) mass is 404 g/mol. The van der Waals surface area contributed by atoms with E-state index < -0.39 is 5.97 Å². The molecular formula is C26H28O4. The maximum atomic E-state index is 11.0. The highest BCUT2D eigenvalue weighted by Crippen LogP contribution is 2.03. The zero-order chi connectivity index (χ0) is 22.2. The standard InChI is InChI=1S/2C13H14O2/c1-11(2)13(14)15-10-6-9-12-7-4-3-5-8-12;1-11(13(14)15)7-5-6-10-12-8-3-2-4-9-12/h3-9H,1,10H2,2H3;2-4,6-10H,5H2,1H3,(H,14,15). The van der Waals surface area contributed by atoms with Crippen molar-refractivity contribution in [2.24, 2.45) is 0 Å². The zero-order valence-electron chi connectivity index (χ0n) is 17.5. The van der Waals surface area contributed by atoms with Crippen molar-refractivity contribution in [2.45, 2.75) is 20.3 Å². The molecule has 1 N–H and O–H groups in total. The first-order valence-corrected chi connectivity index (χ1v) is 9.56. The molecule has 2 aromatic carbocycles. The highest BCUT2D eigenvalue weighted by atomic mass is 16.5. The molecule has 0 aliphatic carbocycles. The van der Waals surface area contributed by atoms with E-state index in [9.17, 15) is 9.59 Å². The smallest absolute Gasteiger partial charge is 0.333 e. The number of aliphatic carboxylic acids is 1. The average molecular weight is 405 g/mol. The fraction of sp³-hybridized carbons (Fsp3) is 0.154. The summed E-state index contributed by atoms with van der Waals surface area (Å²) in [5, 5.41) is 8.61. The van der Waals surface area contributed by atoms with E-state index in [1.165, 1.54) is 0 Å². The summed E-state index contributed by atoms with van der Waals surface area (Å²) in [7, 11) is 0. The molecule has 0 saturated carbocycles. The van der Waals surface area contributed by atoms with E-state index in [-0.39, 0.29) is 12.6 Å². The third-order valence-corrected chi connectivity index (χ3v) is 3.78. The minimum atomic E-state index is -0.858. The minimum absolute atomic E-state index is 0.278. The number of hydrogen-bond donors (Lipinski definition) is 1. The van der Waals surface area contributed by atoms with Crippen LogP contribution < -0.4 is 0 Å². The highest BCUT2D eigenvalue weighted by molar-refractivity contribution is 5.87. The van der Waals surface area contributed by atoms with Gasteiger partial charge in [0.05, 0.1) is 0 Å². The van der Waals surface area contributed by atoms with Gasteiger partial charge in [0.15, 0.2) is 0 Å². The molecule has 0 radical (unpaired) electrons. The lowest BCUT2D eigenvalue weighted by atomic mass is 10.2. The number of rotatable bonds is 8. The van der Waals surface area contributed by atoms with Crippen LogP contribution in [0.3, 0.4) is 0 Å². The molecule has 0 fully saturated rings. The van der Waals surface area contributed by atoms with Gasteiger partial charge in [-0.1, -0.05) is 91.5 Å². The van der Waals surface area contributed by atoms with E-state index in [1.54, 1.807) is 26.0 Å². The van der Waals surface area contributed by atoms with Crippen molar-refractivity contribution in [3.05, 3.63) is 108 Å². The van der Waals surface area contributed by atoms with Crippen LogP contribution in [0, 0.1) is 0 Å². The molecule has 0 spiro atoms. The summed E-state index contributed by atoms with van der Waals surface area (Å²) >= 11 is 0. The van der Waals surface area contributed by atoms with Gasteiger partial charge in [-0.15, -0.1) is 0 Å². The lowest BCUT2D eigenvalue weighted by molar-refractivity contribution is -0.137. The van der Waals surface area contributed by atoms with E-state index in [4.69, 9.17) is 9.84 Å². The Hall–Kier alpha value is -3.66. The first kappa shape index (κ1) is 24.4. The van der Waals surface area contributed by atoms with Gasteiger partial charge in [-0.2, -0.15) is 0 Å². The van der Waals surface area contributed by atoms with Crippen molar-refractivity contribution >= 4 is 24.1 Å². The van der Waals surface area contributed by atoms with Crippen molar-refractivity contribution < 1.29 is 19.4 Å². The van der Waals surface area contributed by atoms with Crippen molar-refractivity contribution in [1.82, 2.24) is 0 Å². The predicted molar refractivity (Wildman–Crippen MR) is 123 cm³/mol. The van der Waals surface area contributed by atoms with Gasteiger partial charge < -0.3 is 9.84 Å². The van der Waals surface area contributed by atoms with E-state index >= 15 is 0 Å². The van der Waals surface area contributed by atoms with Crippen LogP contribution in [0.25, 0.3) is 12.2 Å². The number of esters is 1. The molecule has 156 valence electrons. The molecule has 0 bridgehead atoms. The second kappa shape index (κ2) is 14.4. The number of hydrogen-bond acceptors (Lipinski definition) is 3. The molecule has 2 rings (SSSR count). The topological polar surface area (TPSA) is 63.6 Å².